The molecular weight excluding hydrogens is 418 g/mol. The van der Waals surface area contributed by atoms with Crippen LogP contribution in [-0.4, -0.2) is 12.6 Å². The predicted molar refractivity (Wildman–Crippen MR) is 130 cm³/mol. The van der Waals surface area contributed by atoms with Crippen molar-refractivity contribution in [1.29, 1.82) is 0 Å². The Kier molecular flexibility index (Phi) is 6.40. The summed E-state index contributed by atoms with van der Waals surface area (Å²) >= 11 is 6.68. The van der Waals surface area contributed by atoms with Crippen LogP contribution in [0.2, 0.25) is 5.02 Å². The lowest BCUT2D eigenvalue weighted by atomic mass is 9.48. The lowest BCUT2D eigenvalue weighted by Crippen LogP contribution is -2.54. The van der Waals surface area contributed by atoms with Gasteiger partial charge in [0.15, 0.2) is 11.5 Å². The number of benzene rings is 2. The molecule has 4 aliphatic carbocycles. The van der Waals surface area contributed by atoms with Gasteiger partial charge in [-0.05, 0) is 98.8 Å². The Labute approximate surface area is 197 Å². The molecule has 2 aromatic carbocycles. The van der Waals surface area contributed by atoms with E-state index in [1.165, 1.54) is 38.5 Å². The molecule has 4 bridgehead atoms. The quantitative estimate of drug-likeness (QED) is 0.442. The standard InChI is InChI=1S/C28H36ClNO2/c1-3-31-26-13-24(12-25(29)27(26)32-18-20-7-5-4-6-8-20)17-30-19(2)28-14-21-9-22(15-28)11-23(10-21)16-28/h4-8,12-13,19,21-23,30H,3,9-11,14-18H2,1-2H3. The van der Waals surface area contributed by atoms with Gasteiger partial charge in [0.1, 0.15) is 6.61 Å². The molecule has 172 valence electrons. The van der Waals surface area contributed by atoms with E-state index in [0.29, 0.717) is 35.4 Å². The second-order valence-electron chi connectivity index (χ2n) is 10.5. The number of ether oxygens (including phenoxy) is 2. The van der Waals surface area contributed by atoms with E-state index in [4.69, 9.17) is 21.1 Å². The van der Waals surface area contributed by atoms with Crippen molar-refractivity contribution < 1.29 is 9.47 Å². The van der Waals surface area contributed by atoms with Gasteiger partial charge in [-0.1, -0.05) is 41.9 Å². The number of hydrogen-bond donors (Lipinski definition) is 1. The third-order valence-corrected chi connectivity index (χ3v) is 8.49. The van der Waals surface area contributed by atoms with Gasteiger partial charge in [-0.2, -0.15) is 0 Å². The van der Waals surface area contributed by atoms with Crippen molar-refractivity contribution in [2.45, 2.75) is 71.6 Å². The summed E-state index contributed by atoms with van der Waals surface area (Å²) in [7, 11) is 0. The Hall–Kier alpha value is -1.71. The van der Waals surface area contributed by atoms with Crippen molar-refractivity contribution in [3.05, 3.63) is 58.6 Å². The van der Waals surface area contributed by atoms with Crippen LogP contribution >= 0.6 is 11.6 Å². The average molecular weight is 454 g/mol. The summed E-state index contributed by atoms with van der Waals surface area (Å²) < 4.78 is 12.0. The fraction of sp³-hybridized carbons (Fsp3) is 0.571. The third kappa shape index (κ3) is 4.52. The first-order valence-corrected chi connectivity index (χ1v) is 12.8. The molecular formula is C28H36ClNO2. The van der Waals surface area contributed by atoms with E-state index < -0.39 is 0 Å². The molecule has 1 atom stereocenters. The third-order valence-electron chi connectivity index (χ3n) is 8.21. The van der Waals surface area contributed by atoms with Crippen LogP contribution < -0.4 is 14.8 Å². The first-order valence-electron chi connectivity index (χ1n) is 12.4. The minimum absolute atomic E-state index is 0.473. The second-order valence-corrected chi connectivity index (χ2v) is 10.9. The highest BCUT2D eigenvalue weighted by Gasteiger charge is 2.52. The zero-order valence-corrected chi connectivity index (χ0v) is 20.2. The summed E-state index contributed by atoms with van der Waals surface area (Å²) in [5.41, 5.74) is 2.77. The molecule has 1 unspecified atom stereocenters. The maximum atomic E-state index is 6.68. The molecule has 1 N–H and O–H groups in total. The monoisotopic (exact) mass is 453 g/mol. The summed E-state index contributed by atoms with van der Waals surface area (Å²) in [4.78, 5) is 0. The summed E-state index contributed by atoms with van der Waals surface area (Å²) in [5.74, 6) is 4.30. The normalized spacial score (nSPS) is 29.2. The molecule has 2 aromatic rings. The van der Waals surface area contributed by atoms with Crippen LogP contribution in [0.3, 0.4) is 0 Å². The Morgan fingerprint density at radius 1 is 0.969 bits per heavy atom. The highest BCUT2D eigenvalue weighted by molar-refractivity contribution is 6.32. The van der Waals surface area contributed by atoms with Gasteiger partial charge >= 0.3 is 0 Å². The summed E-state index contributed by atoms with van der Waals surface area (Å²) in [5, 5.41) is 4.49. The molecule has 0 aliphatic heterocycles. The second kappa shape index (κ2) is 9.27. The van der Waals surface area contributed by atoms with Gasteiger partial charge in [0.25, 0.3) is 0 Å². The molecule has 4 fully saturated rings. The van der Waals surface area contributed by atoms with E-state index in [2.05, 4.69) is 30.4 Å². The van der Waals surface area contributed by atoms with Crippen LogP contribution in [0.15, 0.2) is 42.5 Å². The molecule has 4 saturated carbocycles. The summed E-state index contributed by atoms with van der Waals surface area (Å²) in [6.45, 7) is 6.27. The van der Waals surface area contributed by atoms with Gasteiger partial charge in [-0.3, -0.25) is 0 Å². The minimum Gasteiger partial charge on any atom is -0.490 e. The van der Waals surface area contributed by atoms with Crippen molar-refractivity contribution >= 4 is 11.6 Å². The molecule has 6 rings (SSSR count). The first kappa shape index (κ1) is 22.1. The molecule has 4 aliphatic rings. The molecule has 0 amide bonds. The van der Waals surface area contributed by atoms with Gasteiger partial charge < -0.3 is 14.8 Å². The molecule has 0 radical (unpaired) electrons. The molecule has 0 spiro atoms. The van der Waals surface area contributed by atoms with Crippen LogP contribution in [0.4, 0.5) is 0 Å². The van der Waals surface area contributed by atoms with Gasteiger partial charge in [-0.25, -0.2) is 0 Å². The van der Waals surface area contributed by atoms with E-state index >= 15 is 0 Å². The van der Waals surface area contributed by atoms with Crippen LogP contribution in [0.5, 0.6) is 11.5 Å². The number of hydrogen-bond acceptors (Lipinski definition) is 3. The zero-order valence-electron chi connectivity index (χ0n) is 19.4. The first-order chi connectivity index (χ1) is 15.5. The lowest BCUT2D eigenvalue weighted by molar-refractivity contribution is -0.0706. The summed E-state index contributed by atoms with van der Waals surface area (Å²) in [6, 6.07) is 14.8. The Bertz CT molecular complexity index is 893. The highest BCUT2D eigenvalue weighted by Crippen LogP contribution is 2.61. The maximum absolute atomic E-state index is 6.68. The lowest BCUT2D eigenvalue weighted by Gasteiger charge is -2.59. The SMILES string of the molecule is CCOc1cc(CNC(C)C23CC4CC(CC(C4)C2)C3)cc(Cl)c1OCc1ccccc1. The maximum Gasteiger partial charge on any atom is 0.180 e. The van der Waals surface area contributed by atoms with Crippen LogP contribution in [-0.2, 0) is 13.2 Å². The van der Waals surface area contributed by atoms with Crippen molar-refractivity contribution in [2.75, 3.05) is 6.61 Å². The Morgan fingerprint density at radius 3 is 2.25 bits per heavy atom. The van der Waals surface area contributed by atoms with Crippen LogP contribution in [0.1, 0.15) is 63.5 Å². The largest absolute Gasteiger partial charge is 0.490 e. The number of nitrogens with one attached hydrogen (secondary N) is 1. The molecule has 0 heterocycles. The number of rotatable bonds is 9. The average Bonchev–Trinajstić information content (AvgIpc) is 2.77. The fourth-order valence-electron chi connectivity index (χ4n) is 7.05. The van der Waals surface area contributed by atoms with E-state index in [0.717, 1.165) is 41.2 Å². The minimum atomic E-state index is 0.473. The van der Waals surface area contributed by atoms with Crippen LogP contribution in [0.25, 0.3) is 0 Å². The van der Waals surface area contributed by atoms with E-state index in [9.17, 15) is 0 Å². The fourth-order valence-corrected chi connectivity index (χ4v) is 7.34. The molecule has 3 nitrogen and oxygen atoms in total. The van der Waals surface area contributed by atoms with E-state index in [1.54, 1.807) is 0 Å². The molecule has 0 saturated heterocycles. The Balaban J connectivity index is 1.26. The molecule has 4 heteroatoms. The van der Waals surface area contributed by atoms with Gasteiger partial charge in [0.05, 0.1) is 11.6 Å². The van der Waals surface area contributed by atoms with Gasteiger partial charge in [-0.15, -0.1) is 0 Å². The summed E-state index contributed by atoms with van der Waals surface area (Å²) in [6.07, 6.45) is 8.73. The van der Waals surface area contributed by atoms with Crippen molar-refractivity contribution in [3.8, 4) is 11.5 Å². The predicted octanol–water partition coefficient (Wildman–Crippen LogP) is 7.01. The van der Waals surface area contributed by atoms with Crippen LogP contribution in [0, 0.1) is 23.2 Å². The van der Waals surface area contributed by atoms with E-state index in [-0.39, 0.29) is 0 Å². The molecule has 32 heavy (non-hydrogen) atoms. The van der Waals surface area contributed by atoms with E-state index in [1.807, 2.05) is 31.2 Å². The van der Waals surface area contributed by atoms with Gasteiger partial charge in [0, 0.05) is 12.6 Å². The smallest absolute Gasteiger partial charge is 0.180 e. The molecule has 0 aromatic heterocycles. The van der Waals surface area contributed by atoms with Gasteiger partial charge in [0.2, 0.25) is 0 Å². The topological polar surface area (TPSA) is 30.5 Å². The van der Waals surface area contributed by atoms with Crippen molar-refractivity contribution in [1.82, 2.24) is 5.32 Å². The highest BCUT2D eigenvalue weighted by atomic mass is 35.5. The number of halogens is 1. The van der Waals surface area contributed by atoms with Crippen molar-refractivity contribution in [2.24, 2.45) is 23.2 Å². The zero-order chi connectivity index (χ0) is 22.1. The van der Waals surface area contributed by atoms with Crippen molar-refractivity contribution in [3.63, 3.8) is 0 Å². The Morgan fingerprint density at radius 2 is 1.62 bits per heavy atom.